The van der Waals surface area contributed by atoms with E-state index >= 15 is 0 Å². The lowest BCUT2D eigenvalue weighted by Gasteiger charge is -2.18. The molecule has 0 saturated heterocycles. The van der Waals surface area contributed by atoms with Crippen molar-refractivity contribution >= 4 is 11.9 Å². The number of anilines is 1. The molecule has 0 unspecified atom stereocenters. The summed E-state index contributed by atoms with van der Waals surface area (Å²) in [7, 11) is 0. The van der Waals surface area contributed by atoms with Gasteiger partial charge in [0, 0.05) is 25.8 Å². The Bertz CT molecular complexity index is 597. The summed E-state index contributed by atoms with van der Waals surface area (Å²) < 4.78 is 0. The van der Waals surface area contributed by atoms with Crippen LogP contribution in [0.3, 0.4) is 0 Å². The number of amides is 1. The van der Waals surface area contributed by atoms with E-state index in [0.29, 0.717) is 24.7 Å². The van der Waals surface area contributed by atoms with Crippen molar-refractivity contribution < 1.29 is 4.79 Å². The lowest BCUT2D eigenvalue weighted by atomic mass is 10.1. The predicted octanol–water partition coefficient (Wildman–Crippen LogP) is 2.61. The van der Waals surface area contributed by atoms with E-state index in [1.807, 2.05) is 32.0 Å². The molecular weight excluding hydrogens is 276 g/mol. The lowest BCUT2D eigenvalue weighted by molar-refractivity contribution is 0.0767. The molecule has 2 aromatic rings. The standard InChI is InChI=1S/C17H22N4O/c1-3-21(4-2)16(22)15-11-13-19-17(20-15)18-12-10-14-8-6-5-7-9-14/h5-9,11,13H,3-4,10,12H2,1-2H3,(H,18,19,20). The molecule has 2 rings (SSSR count). The monoisotopic (exact) mass is 298 g/mol. The van der Waals surface area contributed by atoms with E-state index in [1.165, 1.54) is 5.56 Å². The summed E-state index contributed by atoms with van der Waals surface area (Å²) in [6.07, 6.45) is 2.51. The molecule has 1 aromatic heterocycles. The maximum absolute atomic E-state index is 12.3. The molecule has 0 spiro atoms. The molecule has 0 aliphatic carbocycles. The second-order valence-electron chi connectivity index (χ2n) is 4.91. The van der Waals surface area contributed by atoms with Crippen LogP contribution in [0.2, 0.25) is 0 Å². The highest BCUT2D eigenvalue weighted by Crippen LogP contribution is 2.06. The number of hydrogen-bond donors (Lipinski definition) is 1. The van der Waals surface area contributed by atoms with Gasteiger partial charge in [0.2, 0.25) is 5.95 Å². The number of aromatic nitrogens is 2. The normalized spacial score (nSPS) is 10.3. The van der Waals surface area contributed by atoms with Gasteiger partial charge in [0.25, 0.3) is 5.91 Å². The Balaban J connectivity index is 1.95. The Labute approximate surface area is 131 Å². The van der Waals surface area contributed by atoms with E-state index < -0.39 is 0 Å². The van der Waals surface area contributed by atoms with E-state index in [0.717, 1.165) is 13.0 Å². The number of nitrogens with one attached hydrogen (secondary N) is 1. The second kappa shape index (κ2) is 8.12. The summed E-state index contributed by atoms with van der Waals surface area (Å²) >= 11 is 0. The van der Waals surface area contributed by atoms with Crippen molar-refractivity contribution in [2.45, 2.75) is 20.3 Å². The fraction of sp³-hybridized carbons (Fsp3) is 0.353. The van der Waals surface area contributed by atoms with Crippen molar-refractivity contribution in [3.8, 4) is 0 Å². The highest BCUT2D eigenvalue weighted by molar-refractivity contribution is 5.92. The lowest BCUT2D eigenvalue weighted by Crippen LogP contribution is -2.31. The van der Waals surface area contributed by atoms with Crippen molar-refractivity contribution in [1.29, 1.82) is 0 Å². The van der Waals surface area contributed by atoms with Crippen LogP contribution in [0.1, 0.15) is 29.9 Å². The Morgan fingerprint density at radius 2 is 1.86 bits per heavy atom. The maximum Gasteiger partial charge on any atom is 0.272 e. The minimum Gasteiger partial charge on any atom is -0.354 e. The molecule has 116 valence electrons. The molecule has 1 amide bonds. The Kier molecular flexibility index (Phi) is 5.89. The van der Waals surface area contributed by atoms with Crippen molar-refractivity contribution in [3.05, 3.63) is 53.9 Å². The molecule has 5 nitrogen and oxygen atoms in total. The zero-order chi connectivity index (χ0) is 15.8. The topological polar surface area (TPSA) is 58.1 Å². The molecule has 5 heteroatoms. The minimum atomic E-state index is -0.0569. The van der Waals surface area contributed by atoms with Crippen LogP contribution in [0.5, 0.6) is 0 Å². The SMILES string of the molecule is CCN(CC)C(=O)c1ccnc(NCCc2ccccc2)n1. The molecule has 0 fully saturated rings. The van der Waals surface area contributed by atoms with Crippen molar-refractivity contribution in [3.63, 3.8) is 0 Å². The zero-order valence-corrected chi connectivity index (χ0v) is 13.1. The average molecular weight is 298 g/mol. The van der Waals surface area contributed by atoms with E-state index in [-0.39, 0.29) is 5.91 Å². The molecule has 0 bridgehead atoms. The summed E-state index contributed by atoms with van der Waals surface area (Å²) in [5.74, 6) is 0.437. The van der Waals surface area contributed by atoms with Crippen LogP contribution in [0.25, 0.3) is 0 Å². The van der Waals surface area contributed by atoms with Gasteiger partial charge < -0.3 is 10.2 Å². The van der Waals surface area contributed by atoms with Gasteiger partial charge in [-0.25, -0.2) is 9.97 Å². The molecule has 1 N–H and O–H groups in total. The zero-order valence-electron chi connectivity index (χ0n) is 13.1. The molecule has 22 heavy (non-hydrogen) atoms. The van der Waals surface area contributed by atoms with E-state index in [2.05, 4.69) is 27.4 Å². The first-order chi connectivity index (χ1) is 10.7. The van der Waals surface area contributed by atoms with Gasteiger partial charge in [0.15, 0.2) is 0 Å². The van der Waals surface area contributed by atoms with Crippen LogP contribution in [-0.4, -0.2) is 40.4 Å². The van der Waals surface area contributed by atoms with Crippen molar-refractivity contribution in [2.24, 2.45) is 0 Å². The quantitative estimate of drug-likeness (QED) is 0.853. The summed E-state index contributed by atoms with van der Waals surface area (Å²) in [5.41, 5.74) is 1.69. The number of carbonyl (C=O) groups excluding carboxylic acids is 1. The fourth-order valence-corrected chi connectivity index (χ4v) is 2.20. The molecule has 1 heterocycles. The van der Waals surface area contributed by atoms with Gasteiger partial charge in [-0.3, -0.25) is 4.79 Å². The number of carbonyl (C=O) groups is 1. The largest absolute Gasteiger partial charge is 0.354 e. The molecule has 0 atom stereocenters. The molecule has 0 saturated carbocycles. The summed E-state index contributed by atoms with van der Waals surface area (Å²) in [4.78, 5) is 22.5. The third-order valence-corrected chi connectivity index (χ3v) is 3.46. The van der Waals surface area contributed by atoms with Crippen LogP contribution in [-0.2, 0) is 6.42 Å². The summed E-state index contributed by atoms with van der Waals surface area (Å²) in [5, 5.41) is 3.17. The molecule has 0 aliphatic heterocycles. The number of hydrogen-bond acceptors (Lipinski definition) is 4. The molecule has 1 aromatic carbocycles. The average Bonchev–Trinajstić information content (AvgIpc) is 2.57. The first-order valence-corrected chi connectivity index (χ1v) is 7.64. The molecule has 0 aliphatic rings. The van der Waals surface area contributed by atoms with Crippen LogP contribution in [0.15, 0.2) is 42.6 Å². The summed E-state index contributed by atoms with van der Waals surface area (Å²) in [6, 6.07) is 11.9. The number of rotatable bonds is 7. The van der Waals surface area contributed by atoms with Gasteiger partial charge in [-0.15, -0.1) is 0 Å². The first-order valence-electron chi connectivity index (χ1n) is 7.64. The second-order valence-corrected chi connectivity index (χ2v) is 4.91. The Morgan fingerprint density at radius 3 is 2.55 bits per heavy atom. The van der Waals surface area contributed by atoms with E-state index in [9.17, 15) is 4.79 Å². The molecule has 0 radical (unpaired) electrons. The summed E-state index contributed by atoms with van der Waals surface area (Å²) in [6.45, 7) is 6.00. The van der Waals surface area contributed by atoms with E-state index in [4.69, 9.17) is 0 Å². The van der Waals surface area contributed by atoms with Crippen molar-refractivity contribution in [1.82, 2.24) is 14.9 Å². The van der Waals surface area contributed by atoms with Crippen molar-refractivity contribution in [2.75, 3.05) is 25.0 Å². The first kappa shape index (κ1) is 15.9. The predicted molar refractivity (Wildman–Crippen MR) is 87.9 cm³/mol. The van der Waals surface area contributed by atoms with Gasteiger partial charge in [-0.05, 0) is 31.9 Å². The van der Waals surface area contributed by atoms with Gasteiger partial charge in [-0.1, -0.05) is 30.3 Å². The highest BCUT2D eigenvalue weighted by atomic mass is 16.2. The fourth-order valence-electron chi connectivity index (χ4n) is 2.20. The van der Waals surface area contributed by atoms with Gasteiger partial charge in [0.05, 0.1) is 0 Å². The van der Waals surface area contributed by atoms with E-state index in [1.54, 1.807) is 17.2 Å². The molecular formula is C17H22N4O. The number of nitrogens with zero attached hydrogens (tertiary/aromatic N) is 3. The van der Waals surface area contributed by atoms with Crippen LogP contribution in [0.4, 0.5) is 5.95 Å². The van der Waals surface area contributed by atoms with Gasteiger partial charge in [-0.2, -0.15) is 0 Å². The minimum absolute atomic E-state index is 0.0569. The maximum atomic E-state index is 12.3. The van der Waals surface area contributed by atoms with Crippen LogP contribution >= 0.6 is 0 Å². The van der Waals surface area contributed by atoms with Crippen LogP contribution in [0, 0.1) is 0 Å². The third-order valence-electron chi connectivity index (χ3n) is 3.46. The third kappa shape index (κ3) is 4.28. The Hall–Kier alpha value is -2.43. The Morgan fingerprint density at radius 1 is 1.14 bits per heavy atom. The van der Waals surface area contributed by atoms with Crippen LogP contribution < -0.4 is 5.32 Å². The number of benzene rings is 1. The smallest absolute Gasteiger partial charge is 0.272 e. The van der Waals surface area contributed by atoms with Gasteiger partial charge in [0.1, 0.15) is 5.69 Å². The van der Waals surface area contributed by atoms with Gasteiger partial charge >= 0.3 is 0 Å². The highest BCUT2D eigenvalue weighted by Gasteiger charge is 2.14.